The van der Waals surface area contributed by atoms with E-state index >= 15 is 0 Å². The van der Waals surface area contributed by atoms with E-state index < -0.39 is 23.3 Å². The molecule has 1 aliphatic heterocycles. The van der Waals surface area contributed by atoms with Crippen LogP contribution in [0.2, 0.25) is 0 Å². The molecular formula is C18H27N5O3. The predicted octanol–water partition coefficient (Wildman–Crippen LogP) is 1.79. The molecule has 0 aromatic carbocycles. The van der Waals surface area contributed by atoms with E-state index in [2.05, 4.69) is 9.97 Å². The number of imidazole rings is 2. The number of aryl methyl sites for hydroxylation is 2. The fourth-order valence-electron chi connectivity index (χ4n) is 3.60. The molecule has 8 nitrogen and oxygen atoms in total. The van der Waals surface area contributed by atoms with Crippen molar-refractivity contribution in [2.45, 2.75) is 50.9 Å². The standard InChI is InChI=1S/C18H27N5O3/c1-17(2,3)26-16(24)23-10-6-7-13(23)18(25,14-19-8-11-21(14)4)15-20-9-12-22(15)5/h8-9,11-13,25H,6-7,10H2,1-5H3/t13-/m0/s1. The number of hydrogen-bond acceptors (Lipinski definition) is 5. The third-order valence-electron chi connectivity index (χ3n) is 4.69. The maximum atomic E-state index is 12.8. The highest BCUT2D eigenvalue weighted by molar-refractivity contribution is 5.69. The maximum Gasteiger partial charge on any atom is 0.410 e. The lowest BCUT2D eigenvalue weighted by molar-refractivity contribution is -0.0358. The number of ether oxygens (including phenoxy) is 1. The fourth-order valence-corrected chi connectivity index (χ4v) is 3.60. The van der Waals surface area contributed by atoms with Crippen LogP contribution in [0.4, 0.5) is 4.79 Å². The van der Waals surface area contributed by atoms with Crippen molar-refractivity contribution in [3.05, 3.63) is 36.4 Å². The van der Waals surface area contributed by atoms with Crippen molar-refractivity contribution < 1.29 is 14.6 Å². The molecule has 0 bridgehead atoms. The molecule has 2 aromatic heterocycles. The molecule has 1 fully saturated rings. The van der Waals surface area contributed by atoms with Gasteiger partial charge in [0.1, 0.15) is 5.60 Å². The van der Waals surface area contributed by atoms with Gasteiger partial charge < -0.3 is 23.9 Å². The number of rotatable bonds is 3. The second kappa shape index (κ2) is 6.42. The summed E-state index contributed by atoms with van der Waals surface area (Å²) in [5.41, 5.74) is -2.14. The van der Waals surface area contributed by atoms with Crippen molar-refractivity contribution in [3.63, 3.8) is 0 Å². The highest BCUT2D eigenvalue weighted by atomic mass is 16.6. The Hall–Kier alpha value is -2.35. The molecule has 142 valence electrons. The van der Waals surface area contributed by atoms with Crippen LogP contribution in [0, 0.1) is 0 Å². The van der Waals surface area contributed by atoms with Crippen LogP contribution in [0.1, 0.15) is 45.3 Å². The third-order valence-corrected chi connectivity index (χ3v) is 4.69. The highest BCUT2D eigenvalue weighted by Crippen LogP contribution is 2.39. The summed E-state index contributed by atoms with van der Waals surface area (Å²) < 4.78 is 9.09. The predicted molar refractivity (Wildman–Crippen MR) is 95.4 cm³/mol. The minimum Gasteiger partial charge on any atom is -0.444 e. The fraction of sp³-hybridized carbons (Fsp3) is 0.611. The summed E-state index contributed by atoms with van der Waals surface area (Å²) in [7, 11) is 3.64. The number of likely N-dealkylation sites (tertiary alicyclic amines) is 1. The van der Waals surface area contributed by atoms with Crippen LogP contribution >= 0.6 is 0 Å². The van der Waals surface area contributed by atoms with Gasteiger partial charge in [-0.15, -0.1) is 0 Å². The second-order valence-electron chi connectivity index (χ2n) is 7.82. The number of carbonyl (C=O) groups is 1. The molecular weight excluding hydrogens is 334 g/mol. The first-order valence-electron chi connectivity index (χ1n) is 8.82. The van der Waals surface area contributed by atoms with E-state index in [1.165, 1.54) is 0 Å². The molecule has 1 amide bonds. The molecule has 1 atom stereocenters. The first kappa shape index (κ1) is 18.4. The largest absolute Gasteiger partial charge is 0.444 e. The van der Waals surface area contributed by atoms with E-state index in [-0.39, 0.29) is 0 Å². The van der Waals surface area contributed by atoms with Gasteiger partial charge in [-0.3, -0.25) is 0 Å². The van der Waals surface area contributed by atoms with Crippen molar-refractivity contribution in [3.8, 4) is 0 Å². The van der Waals surface area contributed by atoms with E-state index in [1.54, 1.807) is 38.8 Å². The van der Waals surface area contributed by atoms with Crippen LogP contribution in [0.3, 0.4) is 0 Å². The summed E-state index contributed by atoms with van der Waals surface area (Å²) in [6.07, 6.45) is 7.80. The van der Waals surface area contributed by atoms with Crippen LogP contribution in [-0.4, -0.2) is 53.4 Å². The number of amides is 1. The van der Waals surface area contributed by atoms with Crippen molar-refractivity contribution >= 4 is 6.09 Å². The van der Waals surface area contributed by atoms with E-state index in [9.17, 15) is 9.90 Å². The Bertz CT molecular complexity index is 749. The first-order chi connectivity index (χ1) is 12.1. The molecule has 3 rings (SSSR count). The third kappa shape index (κ3) is 3.09. The minimum absolute atomic E-state index is 0.429. The van der Waals surface area contributed by atoms with Crippen LogP contribution in [0.25, 0.3) is 0 Å². The Balaban J connectivity index is 2.06. The summed E-state index contributed by atoms with van der Waals surface area (Å²) in [4.78, 5) is 23.1. The van der Waals surface area contributed by atoms with Gasteiger partial charge in [-0.2, -0.15) is 0 Å². The Morgan fingerprint density at radius 2 is 1.69 bits per heavy atom. The lowest BCUT2D eigenvalue weighted by Gasteiger charge is -2.38. The van der Waals surface area contributed by atoms with Crippen molar-refractivity contribution in [1.29, 1.82) is 0 Å². The molecule has 0 unspecified atom stereocenters. The minimum atomic E-state index is -1.54. The quantitative estimate of drug-likeness (QED) is 0.901. The van der Waals surface area contributed by atoms with E-state index in [4.69, 9.17) is 4.74 Å². The number of hydrogen-bond donors (Lipinski definition) is 1. The van der Waals surface area contributed by atoms with Crippen LogP contribution in [-0.2, 0) is 24.4 Å². The number of carbonyl (C=O) groups excluding carboxylic acids is 1. The lowest BCUT2D eigenvalue weighted by atomic mass is 9.89. The van der Waals surface area contributed by atoms with Gasteiger partial charge in [0.15, 0.2) is 11.6 Å². The molecule has 0 spiro atoms. The normalized spacial score (nSPS) is 18.4. The molecule has 0 radical (unpaired) electrons. The Morgan fingerprint density at radius 1 is 1.15 bits per heavy atom. The van der Waals surface area contributed by atoms with Gasteiger partial charge in [0.05, 0.1) is 6.04 Å². The smallest absolute Gasteiger partial charge is 0.410 e. The van der Waals surface area contributed by atoms with Gasteiger partial charge in [0, 0.05) is 45.4 Å². The van der Waals surface area contributed by atoms with Crippen molar-refractivity contribution in [2.75, 3.05) is 6.54 Å². The topological polar surface area (TPSA) is 85.4 Å². The summed E-state index contributed by atoms with van der Waals surface area (Å²) in [5, 5.41) is 11.9. The SMILES string of the molecule is Cn1ccnc1C(O)(c1nccn1C)[C@@H]1CCCN1C(=O)OC(C)(C)C. The van der Waals surface area contributed by atoms with Crippen LogP contribution in [0.15, 0.2) is 24.8 Å². The number of aromatic nitrogens is 4. The highest BCUT2D eigenvalue weighted by Gasteiger charge is 2.52. The first-order valence-corrected chi connectivity index (χ1v) is 8.82. The zero-order chi connectivity index (χ0) is 19.1. The van der Waals surface area contributed by atoms with Crippen LogP contribution in [0.5, 0.6) is 0 Å². The molecule has 3 heterocycles. The summed E-state index contributed by atoms with van der Waals surface area (Å²) in [5.74, 6) is 0.902. The number of aliphatic hydroxyl groups is 1. The monoisotopic (exact) mass is 361 g/mol. The second-order valence-corrected chi connectivity index (χ2v) is 7.82. The molecule has 8 heteroatoms. The molecule has 2 aromatic rings. The van der Waals surface area contributed by atoms with Crippen LogP contribution < -0.4 is 0 Å². The summed E-state index contributed by atoms with van der Waals surface area (Å²) in [6.45, 7) is 6.02. The average molecular weight is 361 g/mol. The molecule has 1 aliphatic rings. The van der Waals surface area contributed by atoms with Gasteiger partial charge in [0.2, 0.25) is 5.60 Å². The summed E-state index contributed by atoms with van der Waals surface area (Å²) in [6, 6.07) is -0.514. The summed E-state index contributed by atoms with van der Waals surface area (Å²) >= 11 is 0. The molecule has 1 saturated heterocycles. The zero-order valence-electron chi connectivity index (χ0n) is 16.0. The van der Waals surface area contributed by atoms with Crippen molar-refractivity contribution in [1.82, 2.24) is 24.0 Å². The van der Waals surface area contributed by atoms with Gasteiger partial charge >= 0.3 is 6.09 Å². The van der Waals surface area contributed by atoms with Gasteiger partial charge in [-0.25, -0.2) is 14.8 Å². The Labute approximate surface area is 153 Å². The van der Waals surface area contributed by atoms with E-state index in [1.807, 2.05) is 34.9 Å². The Kier molecular flexibility index (Phi) is 4.56. The Morgan fingerprint density at radius 3 is 2.12 bits per heavy atom. The van der Waals surface area contributed by atoms with Gasteiger partial charge in [0.25, 0.3) is 0 Å². The van der Waals surface area contributed by atoms with E-state index in [0.717, 1.165) is 6.42 Å². The lowest BCUT2D eigenvalue weighted by Crippen LogP contribution is -2.53. The molecule has 0 aliphatic carbocycles. The maximum absolute atomic E-state index is 12.8. The van der Waals surface area contributed by atoms with Gasteiger partial charge in [-0.05, 0) is 33.6 Å². The molecule has 26 heavy (non-hydrogen) atoms. The van der Waals surface area contributed by atoms with E-state index in [0.29, 0.717) is 24.6 Å². The van der Waals surface area contributed by atoms with Gasteiger partial charge in [-0.1, -0.05) is 0 Å². The zero-order valence-corrected chi connectivity index (χ0v) is 16.0. The van der Waals surface area contributed by atoms with Crippen molar-refractivity contribution in [2.24, 2.45) is 14.1 Å². The average Bonchev–Trinajstić information content (AvgIpc) is 3.24. The molecule has 0 saturated carbocycles. The number of nitrogens with zero attached hydrogens (tertiary/aromatic N) is 5. The molecule has 1 N–H and O–H groups in total.